The number of carbonyl (C=O) groups excluding carboxylic acids is 2. The highest BCUT2D eigenvalue weighted by molar-refractivity contribution is 5.98. The summed E-state index contributed by atoms with van der Waals surface area (Å²) in [7, 11) is 0. The molecular formula is C21H26O8. The molecule has 0 fully saturated rings. The predicted octanol–water partition coefficient (Wildman–Crippen LogP) is 1.21. The maximum absolute atomic E-state index is 12.8. The van der Waals surface area contributed by atoms with E-state index in [1.54, 1.807) is 13.8 Å². The molecule has 1 aliphatic heterocycles. The number of ketones is 1. The second kappa shape index (κ2) is 10.2. The van der Waals surface area contributed by atoms with Crippen LogP contribution in [0.5, 0.6) is 11.5 Å². The van der Waals surface area contributed by atoms with Gasteiger partial charge in [0.25, 0.3) is 0 Å². The van der Waals surface area contributed by atoms with Gasteiger partial charge < -0.3 is 29.9 Å². The van der Waals surface area contributed by atoms with Crippen LogP contribution in [0.3, 0.4) is 0 Å². The number of fused-ring (bicyclic) bond motifs is 1. The number of aromatic hydroxyl groups is 1. The number of esters is 1. The molecule has 0 amide bonds. The number of carbonyl (C=O) groups is 2. The molecule has 8 heteroatoms. The zero-order chi connectivity index (χ0) is 21.6. The summed E-state index contributed by atoms with van der Waals surface area (Å²) in [5, 5.41) is 39.4. The topological polar surface area (TPSA) is 134 Å². The third-order valence-electron chi connectivity index (χ3n) is 4.65. The van der Waals surface area contributed by atoms with Crippen LogP contribution in [0.15, 0.2) is 30.4 Å². The Morgan fingerprint density at radius 2 is 1.90 bits per heavy atom. The fourth-order valence-corrected chi connectivity index (χ4v) is 2.73. The minimum Gasteiger partial charge on any atom is -0.507 e. The third-order valence-corrected chi connectivity index (χ3v) is 4.65. The van der Waals surface area contributed by atoms with E-state index in [1.807, 2.05) is 0 Å². The van der Waals surface area contributed by atoms with Crippen molar-refractivity contribution in [1.82, 2.24) is 0 Å². The second-order valence-electron chi connectivity index (χ2n) is 6.82. The molecule has 0 bridgehead atoms. The SMILES string of the molecule is CC1/C=C\C(=O)C(O)[C@@H](O)C/C=C/c2c(OCCO)ccc(O)c2C(=O)O[C@H]1C. The summed E-state index contributed by atoms with van der Waals surface area (Å²) < 4.78 is 10.9. The van der Waals surface area contributed by atoms with Crippen molar-refractivity contribution in [3.05, 3.63) is 41.5 Å². The van der Waals surface area contributed by atoms with Crippen LogP contribution in [0.25, 0.3) is 6.08 Å². The Labute approximate surface area is 168 Å². The Morgan fingerprint density at radius 1 is 1.17 bits per heavy atom. The van der Waals surface area contributed by atoms with Crippen molar-refractivity contribution < 1.29 is 39.5 Å². The number of cyclic esters (lactones) is 1. The third kappa shape index (κ3) is 5.66. The maximum atomic E-state index is 12.8. The van der Waals surface area contributed by atoms with Gasteiger partial charge in [0, 0.05) is 11.5 Å². The van der Waals surface area contributed by atoms with Gasteiger partial charge in [-0.3, -0.25) is 4.79 Å². The molecule has 0 saturated carbocycles. The Hall–Kier alpha value is -2.68. The summed E-state index contributed by atoms with van der Waals surface area (Å²) in [6.07, 6.45) is 1.83. The van der Waals surface area contributed by atoms with E-state index in [0.29, 0.717) is 0 Å². The fourth-order valence-electron chi connectivity index (χ4n) is 2.73. The van der Waals surface area contributed by atoms with Gasteiger partial charge in [-0.1, -0.05) is 25.2 Å². The average Bonchev–Trinajstić information content (AvgIpc) is 2.69. The van der Waals surface area contributed by atoms with Crippen LogP contribution in [0.1, 0.15) is 36.2 Å². The first-order chi connectivity index (χ1) is 13.8. The molecule has 0 spiro atoms. The average molecular weight is 406 g/mol. The predicted molar refractivity (Wildman–Crippen MR) is 105 cm³/mol. The summed E-state index contributed by atoms with van der Waals surface area (Å²) in [4.78, 5) is 24.8. The molecule has 0 aromatic heterocycles. The summed E-state index contributed by atoms with van der Waals surface area (Å²) in [6, 6.07) is 2.73. The van der Waals surface area contributed by atoms with Gasteiger partial charge in [0.05, 0.1) is 12.7 Å². The van der Waals surface area contributed by atoms with Gasteiger partial charge >= 0.3 is 5.97 Å². The molecule has 0 radical (unpaired) electrons. The normalized spacial score (nSPS) is 28.0. The zero-order valence-corrected chi connectivity index (χ0v) is 16.3. The number of aliphatic hydroxyl groups is 3. The van der Waals surface area contributed by atoms with Gasteiger partial charge in [0.15, 0.2) is 5.78 Å². The highest BCUT2D eigenvalue weighted by atomic mass is 16.5. The second-order valence-corrected chi connectivity index (χ2v) is 6.82. The van der Waals surface area contributed by atoms with E-state index >= 15 is 0 Å². The molecule has 1 heterocycles. The standard InChI is InChI=1S/C21H26O8/c1-12-6-7-17(25)20(26)16(24)5-3-4-14-18(28-11-10-22)9-8-15(23)19(14)21(27)29-13(12)2/h3-4,6-9,12-13,16,20,22-24,26H,5,10-11H2,1-2H3/b4-3+,7-6-/t12?,13-,16-,20?/m0/s1. The van der Waals surface area contributed by atoms with Crippen molar-refractivity contribution in [2.24, 2.45) is 5.92 Å². The Bertz CT molecular complexity index is 798. The van der Waals surface area contributed by atoms with Crippen LogP contribution < -0.4 is 4.74 Å². The maximum Gasteiger partial charge on any atom is 0.342 e. The molecule has 2 unspecified atom stereocenters. The first-order valence-electron chi connectivity index (χ1n) is 9.31. The van der Waals surface area contributed by atoms with Crippen molar-refractivity contribution in [2.75, 3.05) is 13.2 Å². The van der Waals surface area contributed by atoms with E-state index < -0.39 is 30.1 Å². The van der Waals surface area contributed by atoms with Crippen molar-refractivity contribution in [2.45, 2.75) is 38.6 Å². The smallest absolute Gasteiger partial charge is 0.342 e. The van der Waals surface area contributed by atoms with Crippen molar-refractivity contribution in [3.8, 4) is 11.5 Å². The van der Waals surface area contributed by atoms with Crippen molar-refractivity contribution >= 4 is 17.8 Å². The van der Waals surface area contributed by atoms with Crippen LogP contribution in [0.2, 0.25) is 0 Å². The molecular weight excluding hydrogens is 380 g/mol. The Kier molecular flexibility index (Phi) is 7.95. The van der Waals surface area contributed by atoms with E-state index in [1.165, 1.54) is 30.4 Å². The minimum atomic E-state index is -1.60. The highest BCUT2D eigenvalue weighted by Gasteiger charge is 2.26. The van der Waals surface area contributed by atoms with Crippen molar-refractivity contribution in [3.63, 3.8) is 0 Å². The van der Waals surface area contributed by atoms with Gasteiger partial charge in [-0.05, 0) is 31.6 Å². The number of aliphatic hydroxyl groups excluding tert-OH is 3. The largest absolute Gasteiger partial charge is 0.507 e. The summed E-state index contributed by atoms with van der Waals surface area (Å²) in [6.45, 7) is 3.07. The van der Waals surface area contributed by atoms with Gasteiger partial charge in [-0.2, -0.15) is 0 Å². The summed E-state index contributed by atoms with van der Waals surface area (Å²) >= 11 is 0. The van der Waals surface area contributed by atoms with Gasteiger partial charge in [0.2, 0.25) is 0 Å². The molecule has 0 aliphatic carbocycles. The molecule has 8 nitrogen and oxygen atoms in total. The number of phenolic OH excluding ortho intramolecular Hbond substituents is 1. The lowest BCUT2D eigenvalue weighted by atomic mass is 9.99. The molecule has 1 aromatic carbocycles. The Morgan fingerprint density at radius 3 is 2.59 bits per heavy atom. The number of hydrogen-bond donors (Lipinski definition) is 4. The number of benzene rings is 1. The van der Waals surface area contributed by atoms with E-state index in [9.17, 15) is 24.9 Å². The van der Waals surface area contributed by atoms with Gasteiger partial charge in [-0.15, -0.1) is 0 Å². The summed E-state index contributed by atoms with van der Waals surface area (Å²) in [5.41, 5.74) is 0.0758. The quantitative estimate of drug-likeness (QED) is 0.551. The Balaban J connectivity index is 2.53. The van der Waals surface area contributed by atoms with Crippen LogP contribution in [-0.4, -0.2) is 63.7 Å². The molecule has 1 aromatic rings. The molecule has 1 aliphatic rings. The highest BCUT2D eigenvalue weighted by Crippen LogP contribution is 2.33. The van der Waals surface area contributed by atoms with Crippen molar-refractivity contribution in [1.29, 1.82) is 0 Å². The minimum absolute atomic E-state index is 0.0336. The lowest BCUT2D eigenvalue weighted by molar-refractivity contribution is -0.127. The summed E-state index contributed by atoms with van der Waals surface area (Å²) in [5.74, 6) is -1.90. The van der Waals surface area contributed by atoms with Crippen LogP contribution in [-0.2, 0) is 9.53 Å². The number of hydrogen-bond acceptors (Lipinski definition) is 8. The molecule has 4 atom stereocenters. The van der Waals surface area contributed by atoms with Crippen LogP contribution in [0, 0.1) is 5.92 Å². The number of rotatable bonds is 3. The number of ether oxygens (including phenoxy) is 2. The van der Waals surface area contributed by atoms with Gasteiger partial charge in [0.1, 0.15) is 35.9 Å². The van der Waals surface area contributed by atoms with Crippen LogP contribution in [0.4, 0.5) is 0 Å². The first kappa shape index (κ1) is 22.6. The molecule has 0 saturated heterocycles. The lowest BCUT2D eigenvalue weighted by Gasteiger charge is -2.20. The fraction of sp³-hybridized carbons (Fsp3) is 0.429. The molecule has 158 valence electrons. The van der Waals surface area contributed by atoms with E-state index in [2.05, 4.69) is 0 Å². The van der Waals surface area contributed by atoms with Gasteiger partial charge in [-0.25, -0.2) is 4.79 Å². The van der Waals surface area contributed by atoms with E-state index in [-0.39, 0.29) is 48.2 Å². The monoisotopic (exact) mass is 406 g/mol. The zero-order valence-electron chi connectivity index (χ0n) is 16.3. The van der Waals surface area contributed by atoms with E-state index in [0.717, 1.165) is 6.08 Å². The lowest BCUT2D eigenvalue weighted by Crippen LogP contribution is -2.32. The molecule has 29 heavy (non-hydrogen) atoms. The first-order valence-corrected chi connectivity index (χ1v) is 9.31. The molecule has 4 N–H and O–H groups in total. The van der Waals surface area contributed by atoms with Crippen LogP contribution >= 0.6 is 0 Å². The molecule has 2 rings (SSSR count). The van der Waals surface area contributed by atoms with E-state index in [4.69, 9.17) is 14.6 Å². The number of phenols is 1.